The van der Waals surface area contributed by atoms with E-state index in [1.807, 2.05) is 0 Å². The first-order chi connectivity index (χ1) is 7.79. The van der Waals surface area contributed by atoms with Gasteiger partial charge in [0.15, 0.2) is 0 Å². The van der Waals surface area contributed by atoms with Crippen molar-refractivity contribution in [3.63, 3.8) is 0 Å². The lowest BCUT2D eigenvalue weighted by atomic mass is 10.0. The van der Waals surface area contributed by atoms with Crippen molar-refractivity contribution in [2.75, 3.05) is 6.54 Å². The van der Waals surface area contributed by atoms with E-state index in [0.717, 1.165) is 13.0 Å². The molecule has 0 aromatic carbocycles. The third-order valence-corrected chi connectivity index (χ3v) is 3.95. The van der Waals surface area contributed by atoms with Gasteiger partial charge in [0.05, 0.1) is 12.2 Å². The average molecular weight is 239 g/mol. The fourth-order valence-corrected chi connectivity index (χ4v) is 3.07. The third kappa shape index (κ3) is 3.06. The monoisotopic (exact) mass is 239 g/mol. The SMILES string of the molecule is CCNC(Cc1ccsc1)C1CCC(C)O1. The number of rotatable bonds is 5. The topological polar surface area (TPSA) is 21.3 Å². The molecule has 1 aliphatic rings. The Morgan fingerprint density at radius 2 is 2.44 bits per heavy atom. The highest BCUT2D eigenvalue weighted by molar-refractivity contribution is 7.07. The molecule has 3 heteroatoms. The second kappa shape index (κ2) is 5.80. The first-order valence-corrected chi connectivity index (χ1v) is 7.13. The smallest absolute Gasteiger partial charge is 0.0735 e. The Hall–Kier alpha value is -0.380. The van der Waals surface area contributed by atoms with Gasteiger partial charge < -0.3 is 10.1 Å². The van der Waals surface area contributed by atoms with Gasteiger partial charge in [0.1, 0.15) is 0 Å². The van der Waals surface area contributed by atoms with E-state index in [-0.39, 0.29) is 0 Å². The van der Waals surface area contributed by atoms with Crippen molar-refractivity contribution in [3.05, 3.63) is 22.4 Å². The number of likely N-dealkylation sites (N-methyl/N-ethyl adjacent to an activating group) is 1. The molecule has 1 aromatic heterocycles. The molecule has 1 fully saturated rings. The van der Waals surface area contributed by atoms with Gasteiger partial charge in [-0.2, -0.15) is 11.3 Å². The number of ether oxygens (including phenoxy) is 1. The molecule has 1 N–H and O–H groups in total. The molecular weight excluding hydrogens is 218 g/mol. The lowest BCUT2D eigenvalue weighted by molar-refractivity contribution is 0.0324. The van der Waals surface area contributed by atoms with Crippen LogP contribution in [0.25, 0.3) is 0 Å². The molecular formula is C13H21NOS. The Balaban J connectivity index is 1.94. The van der Waals surface area contributed by atoms with Gasteiger partial charge in [-0.05, 0) is 55.1 Å². The summed E-state index contributed by atoms with van der Waals surface area (Å²) in [4.78, 5) is 0. The molecule has 90 valence electrons. The number of nitrogens with one attached hydrogen (secondary N) is 1. The van der Waals surface area contributed by atoms with Gasteiger partial charge in [-0.15, -0.1) is 0 Å². The van der Waals surface area contributed by atoms with Gasteiger partial charge in [-0.1, -0.05) is 6.92 Å². The van der Waals surface area contributed by atoms with Crippen molar-refractivity contribution in [1.82, 2.24) is 5.32 Å². The van der Waals surface area contributed by atoms with Crippen molar-refractivity contribution >= 4 is 11.3 Å². The van der Waals surface area contributed by atoms with Crippen molar-refractivity contribution < 1.29 is 4.74 Å². The molecule has 0 bridgehead atoms. The van der Waals surface area contributed by atoms with Crippen molar-refractivity contribution in [2.24, 2.45) is 0 Å². The van der Waals surface area contributed by atoms with Crippen LogP contribution in [0.5, 0.6) is 0 Å². The van der Waals surface area contributed by atoms with E-state index in [2.05, 4.69) is 36.0 Å². The van der Waals surface area contributed by atoms with Crippen LogP contribution in [0.3, 0.4) is 0 Å². The predicted octanol–water partition coefficient (Wildman–Crippen LogP) is 2.84. The molecule has 0 saturated carbocycles. The number of thiophene rings is 1. The van der Waals surface area contributed by atoms with E-state index in [0.29, 0.717) is 18.2 Å². The molecule has 0 amide bonds. The maximum absolute atomic E-state index is 5.97. The quantitative estimate of drug-likeness (QED) is 0.853. The van der Waals surface area contributed by atoms with Crippen LogP contribution in [0.4, 0.5) is 0 Å². The summed E-state index contributed by atoms with van der Waals surface area (Å²) < 4.78 is 5.97. The zero-order chi connectivity index (χ0) is 11.4. The Labute approximate surface area is 102 Å². The first-order valence-electron chi connectivity index (χ1n) is 6.19. The summed E-state index contributed by atoms with van der Waals surface area (Å²) in [5.41, 5.74) is 1.43. The van der Waals surface area contributed by atoms with Gasteiger partial charge in [-0.25, -0.2) is 0 Å². The van der Waals surface area contributed by atoms with Crippen LogP contribution in [0, 0.1) is 0 Å². The van der Waals surface area contributed by atoms with Crippen molar-refractivity contribution in [3.8, 4) is 0 Å². The summed E-state index contributed by atoms with van der Waals surface area (Å²) >= 11 is 1.77. The first kappa shape index (κ1) is 12.1. The normalized spacial score (nSPS) is 27.1. The fourth-order valence-electron chi connectivity index (χ4n) is 2.39. The largest absolute Gasteiger partial charge is 0.374 e. The molecule has 2 nitrogen and oxygen atoms in total. The standard InChI is InChI=1S/C13H21NOS/c1-3-14-12(8-11-6-7-16-9-11)13-5-4-10(2)15-13/h6-7,9-10,12-14H,3-5,8H2,1-2H3. The number of hydrogen-bond acceptors (Lipinski definition) is 3. The molecule has 1 aromatic rings. The molecule has 2 heterocycles. The molecule has 16 heavy (non-hydrogen) atoms. The minimum Gasteiger partial charge on any atom is -0.374 e. The second-order valence-corrected chi connectivity index (χ2v) is 5.34. The molecule has 0 radical (unpaired) electrons. The summed E-state index contributed by atoms with van der Waals surface area (Å²) in [6.07, 6.45) is 4.33. The summed E-state index contributed by atoms with van der Waals surface area (Å²) in [6.45, 7) is 5.36. The summed E-state index contributed by atoms with van der Waals surface area (Å²) in [7, 11) is 0. The summed E-state index contributed by atoms with van der Waals surface area (Å²) in [6, 6.07) is 2.69. The van der Waals surface area contributed by atoms with Crippen LogP contribution in [0.2, 0.25) is 0 Å². The summed E-state index contributed by atoms with van der Waals surface area (Å²) in [5.74, 6) is 0. The molecule has 3 unspecified atom stereocenters. The van der Waals surface area contributed by atoms with Crippen LogP contribution in [-0.4, -0.2) is 24.8 Å². The minimum atomic E-state index is 0.398. The second-order valence-electron chi connectivity index (χ2n) is 4.56. The third-order valence-electron chi connectivity index (χ3n) is 3.22. The van der Waals surface area contributed by atoms with Crippen LogP contribution in [-0.2, 0) is 11.2 Å². The summed E-state index contributed by atoms with van der Waals surface area (Å²) in [5, 5.41) is 7.95. The highest BCUT2D eigenvalue weighted by Crippen LogP contribution is 2.24. The molecule has 1 aliphatic heterocycles. The van der Waals surface area contributed by atoms with E-state index in [1.54, 1.807) is 11.3 Å². The molecule has 0 spiro atoms. The lowest BCUT2D eigenvalue weighted by Crippen LogP contribution is -2.41. The van der Waals surface area contributed by atoms with E-state index in [9.17, 15) is 0 Å². The van der Waals surface area contributed by atoms with Gasteiger partial charge in [0.25, 0.3) is 0 Å². The van der Waals surface area contributed by atoms with Gasteiger partial charge in [-0.3, -0.25) is 0 Å². The Morgan fingerprint density at radius 3 is 3.00 bits per heavy atom. The zero-order valence-electron chi connectivity index (χ0n) is 10.1. The van der Waals surface area contributed by atoms with E-state index in [4.69, 9.17) is 4.74 Å². The minimum absolute atomic E-state index is 0.398. The molecule has 0 aliphatic carbocycles. The van der Waals surface area contributed by atoms with Gasteiger partial charge in [0.2, 0.25) is 0 Å². The molecule has 2 rings (SSSR count). The zero-order valence-corrected chi connectivity index (χ0v) is 10.9. The Bertz CT molecular complexity index is 299. The van der Waals surface area contributed by atoms with Crippen LogP contribution in [0.15, 0.2) is 16.8 Å². The number of hydrogen-bond donors (Lipinski definition) is 1. The van der Waals surface area contributed by atoms with Gasteiger partial charge in [0, 0.05) is 6.04 Å². The van der Waals surface area contributed by atoms with E-state index in [1.165, 1.54) is 18.4 Å². The predicted molar refractivity (Wildman–Crippen MR) is 69.1 cm³/mol. The van der Waals surface area contributed by atoms with Gasteiger partial charge >= 0.3 is 0 Å². The maximum Gasteiger partial charge on any atom is 0.0735 e. The fraction of sp³-hybridized carbons (Fsp3) is 0.692. The highest BCUT2D eigenvalue weighted by Gasteiger charge is 2.29. The molecule has 3 atom stereocenters. The average Bonchev–Trinajstić information content (AvgIpc) is 2.88. The van der Waals surface area contributed by atoms with E-state index >= 15 is 0 Å². The Morgan fingerprint density at radius 1 is 1.56 bits per heavy atom. The van der Waals surface area contributed by atoms with Crippen LogP contribution < -0.4 is 5.32 Å². The maximum atomic E-state index is 5.97. The van der Waals surface area contributed by atoms with Crippen molar-refractivity contribution in [1.29, 1.82) is 0 Å². The van der Waals surface area contributed by atoms with Crippen LogP contribution >= 0.6 is 11.3 Å². The van der Waals surface area contributed by atoms with E-state index < -0.39 is 0 Å². The van der Waals surface area contributed by atoms with Crippen LogP contribution in [0.1, 0.15) is 32.3 Å². The lowest BCUT2D eigenvalue weighted by Gasteiger charge is -2.24. The Kier molecular flexibility index (Phi) is 4.38. The highest BCUT2D eigenvalue weighted by atomic mass is 32.1. The van der Waals surface area contributed by atoms with Crippen molar-refractivity contribution in [2.45, 2.75) is 51.4 Å². The molecule has 1 saturated heterocycles.